The van der Waals surface area contributed by atoms with Gasteiger partial charge < -0.3 is 15.2 Å². The molecule has 3 aliphatic rings. The molecular formula is C20H31N2O9P. The van der Waals surface area contributed by atoms with Gasteiger partial charge in [-0.15, -0.1) is 0 Å². The Labute approximate surface area is 187 Å². The fourth-order valence-corrected chi connectivity index (χ4v) is 5.31. The Bertz CT molecular complexity index is 828. The zero-order valence-corrected chi connectivity index (χ0v) is 19.6. The molecule has 0 radical (unpaired) electrons. The number of fused-ring (bicyclic) bond motifs is 1. The van der Waals surface area contributed by atoms with Crippen LogP contribution in [-0.2, 0) is 42.0 Å². The lowest BCUT2D eigenvalue weighted by Gasteiger charge is -2.38. The molecule has 11 nitrogen and oxygen atoms in total. The van der Waals surface area contributed by atoms with E-state index in [2.05, 4.69) is 0 Å². The summed E-state index contributed by atoms with van der Waals surface area (Å²) in [6, 6.07) is 0. The Balaban J connectivity index is 1.56. The largest absolute Gasteiger partial charge is 0.475 e. The van der Waals surface area contributed by atoms with E-state index in [1.54, 1.807) is 20.8 Å². The van der Waals surface area contributed by atoms with E-state index in [0.717, 1.165) is 0 Å². The average Bonchev–Trinajstić information content (AvgIpc) is 2.91. The van der Waals surface area contributed by atoms with E-state index in [-0.39, 0.29) is 49.8 Å². The summed E-state index contributed by atoms with van der Waals surface area (Å²) in [6.45, 7) is 7.00. The topological polar surface area (TPSA) is 144 Å². The Morgan fingerprint density at radius 1 is 1.38 bits per heavy atom. The molecule has 1 unspecified atom stereocenters. The number of hydrogen-bond acceptors (Lipinski definition) is 10. The van der Waals surface area contributed by atoms with Crippen LogP contribution in [0.3, 0.4) is 0 Å². The minimum atomic E-state index is -3.92. The van der Waals surface area contributed by atoms with Crippen LogP contribution in [0.5, 0.6) is 0 Å². The molecule has 12 heteroatoms. The van der Waals surface area contributed by atoms with E-state index in [1.807, 2.05) is 6.92 Å². The molecule has 0 aromatic rings. The van der Waals surface area contributed by atoms with Crippen molar-refractivity contribution in [2.45, 2.75) is 77.0 Å². The average molecular weight is 474 g/mol. The van der Waals surface area contributed by atoms with Crippen LogP contribution in [0.25, 0.3) is 0 Å². The molecule has 0 bridgehead atoms. The number of ketones is 1. The lowest BCUT2D eigenvalue weighted by atomic mass is 9.92. The van der Waals surface area contributed by atoms with Crippen molar-refractivity contribution >= 4 is 25.5 Å². The van der Waals surface area contributed by atoms with Gasteiger partial charge in [-0.25, -0.2) is 4.57 Å². The predicted octanol–water partition coefficient (Wildman–Crippen LogP) is 1.65. The molecular weight excluding hydrogens is 443 g/mol. The number of hydrogen-bond donors (Lipinski definition) is 1. The Hall–Kier alpha value is -1.62. The predicted molar refractivity (Wildman–Crippen MR) is 111 cm³/mol. The van der Waals surface area contributed by atoms with Gasteiger partial charge in [0.25, 0.3) is 0 Å². The summed E-state index contributed by atoms with van der Waals surface area (Å²) in [5.41, 5.74) is 5.22. The minimum absolute atomic E-state index is 0.0474. The molecule has 2 saturated heterocycles. The quantitative estimate of drug-likeness (QED) is 0.313. The number of phosphoric ester groups is 1. The van der Waals surface area contributed by atoms with Crippen LogP contribution in [0.4, 0.5) is 0 Å². The van der Waals surface area contributed by atoms with Crippen LogP contribution >= 0.6 is 7.82 Å². The maximum absolute atomic E-state index is 13.0. The molecule has 2 N–H and O–H groups in total. The van der Waals surface area contributed by atoms with Crippen LogP contribution in [-0.4, -0.2) is 65.9 Å². The number of rotatable bonds is 8. The van der Waals surface area contributed by atoms with Crippen molar-refractivity contribution in [3.63, 3.8) is 0 Å². The zero-order chi connectivity index (χ0) is 23.7. The SMILES string of the molecule is CC(CCO[P@]1(=O)OC[C@H]2O[C@@H](N3C=CC(=O)CC3=O)[C@](C)(N)[C@@H]2O1)CC(=O)OC(C)C. The highest BCUT2D eigenvalue weighted by Gasteiger charge is 2.60. The number of esters is 1. The summed E-state index contributed by atoms with van der Waals surface area (Å²) < 4.78 is 40.4. The van der Waals surface area contributed by atoms with Gasteiger partial charge in [-0.05, 0) is 39.2 Å². The first-order valence-electron chi connectivity index (χ1n) is 10.6. The monoisotopic (exact) mass is 474 g/mol. The highest BCUT2D eigenvalue weighted by atomic mass is 31.2. The summed E-state index contributed by atoms with van der Waals surface area (Å²) in [5, 5.41) is 0. The van der Waals surface area contributed by atoms with Crippen molar-refractivity contribution < 1.29 is 42.0 Å². The van der Waals surface area contributed by atoms with Gasteiger partial charge in [0, 0.05) is 12.6 Å². The van der Waals surface area contributed by atoms with Gasteiger partial charge in [0.2, 0.25) is 5.91 Å². The summed E-state index contributed by atoms with van der Waals surface area (Å²) in [6.07, 6.45) is 0.384. The molecule has 3 heterocycles. The molecule has 32 heavy (non-hydrogen) atoms. The maximum atomic E-state index is 13.0. The van der Waals surface area contributed by atoms with Crippen LogP contribution in [0, 0.1) is 5.92 Å². The second kappa shape index (κ2) is 9.70. The van der Waals surface area contributed by atoms with E-state index in [1.165, 1.54) is 17.2 Å². The molecule has 0 aromatic heterocycles. The summed E-state index contributed by atoms with van der Waals surface area (Å²) >= 11 is 0. The zero-order valence-electron chi connectivity index (χ0n) is 18.7. The molecule has 3 aliphatic heterocycles. The fourth-order valence-electron chi connectivity index (χ4n) is 3.82. The lowest BCUT2D eigenvalue weighted by molar-refractivity contribution is -0.149. The normalized spacial score (nSPS) is 35.8. The number of amides is 1. The number of phosphoric acid groups is 1. The number of nitrogens with two attached hydrogens (primary N) is 1. The first-order chi connectivity index (χ1) is 14.9. The third-order valence-corrected chi connectivity index (χ3v) is 6.90. The van der Waals surface area contributed by atoms with E-state index >= 15 is 0 Å². The van der Waals surface area contributed by atoms with E-state index in [0.29, 0.717) is 6.42 Å². The van der Waals surface area contributed by atoms with Gasteiger partial charge in [0.1, 0.15) is 12.2 Å². The van der Waals surface area contributed by atoms with Gasteiger partial charge in [0.05, 0.1) is 31.3 Å². The number of carbonyl (C=O) groups is 3. The van der Waals surface area contributed by atoms with Crippen molar-refractivity contribution in [3.05, 3.63) is 12.3 Å². The lowest BCUT2D eigenvalue weighted by Crippen LogP contribution is -2.60. The van der Waals surface area contributed by atoms with E-state index in [4.69, 9.17) is 28.8 Å². The summed E-state index contributed by atoms with van der Waals surface area (Å²) in [5.74, 6) is -1.10. The van der Waals surface area contributed by atoms with Crippen molar-refractivity contribution in [2.24, 2.45) is 11.7 Å². The smallest absolute Gasteiger partial charge is 0.463 e. The van der Waals surface area contributed by atoms with Gasteiger partial charge in [0.15, 0.2) is 12.0 Å². The summed E-state index contributed by atoms with van der Waals surface area (Å²) in [7, 11) is -3.92. The molecule has 3 rings (SSSR count). The first kappa shape index (κ1) is 25.0. The first-order valence-corrected chi connectivity index (χ1v) is 12.1. The second-order valence-electron chi connectivity index (χ2n) is 8.89. The van der Waals surface area contributed by atoms with Gasteiger partial charge in [-0.2, -0.15) is 0 Å². The van der Waals surface area contributed by atoms with Crippen molar-refractivity contribution in [1.29, 1.82) is 0 Å². The van der Waals surface area contributed by atoms with E-state index in [9.17, 15) is 18.9 Å². The third-order valence-electron chi connectivity index (χ3n) is 5.46. The second-order valence-corrected chi connectivity index (χ2v) is 10.5. The van der Waals surface area contributed by atoms with Crippen molar-refractivity contribution in [1.82, 2.24) is 4.90 Å². The number of carbonyl (C=O) groups excluding carboxylic acids is 3. The van der Waals surface area contributed by atoms with Gasteiger partial charge in [-0.3, -0.25) is 32.9 Å². The maximum Gasteiger partial charge on any atom is 0.475 e. The molecule has 2 fully saturated rings. The molecule has 0 saturated carbocycles. The van der Waals surface area contributed by atoms with Crippen LogP contribution in [0.15, 0.2) is 12.3 Å². The number of ether oxygens (including phenoxy) is 2. The van der Waals surface area contributed by atoms with Crippen molar-refractivity contribution in [3.8, 4) is 0 Å². The minimum Gasteiger partial charge on any atom is -0.463 e. The summed E-state index contributed by atoms with van der Waals surface area (Å²) in [4.78, 5) is 36.7. The molecule has 6 atom stereocenters. The van der Waals surface area contributed by atoms with Crippen LogP contribution in [0.2, 0.25) is 0 Å². The Kier molecular flexibility index (Phi) is 7.59. The van der Waals surface area contributed by atoms with E-state index < -0.39 is 37.7 Å². The van der Waals surface area contributed by atoms with Crippen molar-refractivity contribution in [2.75, 3.05) is 13.2 Å². The van der Waals surface area contributed by atoms with Crippen LogP contribution in [0.1, 0.15) is 47.0 Å². The molecule has 0 spiro atoms. The molecule has 1 amide bonds. The molecule has 0 aliphatic carbocycles. The highest BCUT2D eigenvalue weighted by molar-refractivity contribution is 7.48. The van der Waals surface area contributed by atoms with Gasteiger partial charge >= 0.3 is 13.8 Å². The Morgan fingerprint density at radius 2 is 2.09 bits per heavy atom. The highest BCUT2D eigenvalue weighted by Crippen LogP contribution is 2.57. The Morgan fingerprint density at radius 3 is 2.75 bits per heavy atom. The molecule has 0 aromatic carbocycles. The third kappa shape index (κ3) is 5.65. The fraction of sp³-hybridized carbons (Fsp3) is 0.750. The molecule has 180 valence electrons. The van der Waals surface area contributed by atoms with Gasteiger partial charge in [-0.1, -0.05) is 6.92 Å². The number of nitrogens with zero attached hydrogens (tertiary/aromatic N) is 1. The van der Waals surface area contributed by atoms with Crippen LogP contribution < -0.4 is 5.73 Å². The standard InChI is InChI=1S/C20H31N2O9P/c1-12(2)29-17(25)9-13(3)6-8-27-32(26)28-11-15-18(31-32)20(4,21)19(30-15)22-7-5-14(23)10-16(22)24/h5,7,12-13,15,18-19H,6,8-11,21H2,1-4H3/t13?,15-,18-,19-,20-,32-/m1/s1. The number of allylic oxidation sites excluding steroid dienone is 1.